The van der Waals surface area contributed by atoms with E-state index in [1.165, 1.54) is 51.8 Å². The van der Waals surface area contributed by atoms with Gasteiger partial charge in [0.15, 0.2) is 0 Å². The number of aliphatic hydroxyl groups excluding tert-OH is 6. The van der Waals surface area contributed by atoms with Crippen molar-refractivity contribution in [1.29, 1.82) is 0 Å². The Morgan fingerprint density at radius 2 is 0.779 bits per heavy atom. The molecule has 145 heavy (non-hydrogen) atoms. The lowest BCUT2D eigenvalue weighted by Gasteiger charge is -2.33. The predicted octanol–water partition coefficient (Wildman–Crippen LogP) is 11.6. The molecule has 2 aromatic heterocycles. The Morgan fingerprint density at radius 1 is 0.428 bits per heavy atom. The quantitative estimate of drug-likeness (QED) is 0.0158. The third-order valence-corrected chi connectivity index (χ3v) is 31.7. The van der Waals surface area contributed by atoms with E-state index in [0.717, 1.165) is 113 Å². The summed E-state index contributed by atoms with van der Waals surface area (Å²) in [5.41, 5.74) is 8.45. The van der Waals surface area contributed by atoms with Crippen molar-refractivity contribution in [3.05, 3.63) is 177 Å². The van der Waals surface area contributed by atoms with E-state index in [-0.39, 0.29) is 56.3 Å². The average molecular weight is 2070 g/mol. The zero-order valence-electron chi connectivity index (χ0n) is 88.5. The van der Waals surface area contributed by atoms with Crippen molar-refractivity contribution < 1.29 is 77.4 Å². The number of carbonyl (C=O) groups is 8. The van der Waals surface area contributed by atoms with Gasteiger partial charge < -0.3 is 87.0 Å². The normalized spacial score (nSPS) is 17.0. The second-order valence-electron chi connectivity index (χ2n) is 41.3. The zero-order chi connectivity index (χ0) is 106. The van der Waals surface area contributed by atoms with Crippen LogP contribution in [0.4, 0.5) is 0 Å². The molecule has 30 nitrogen and oxygen atoms in total. The Labute approximate surface area is 873 Å². The number of aliphatic hydroxyl groups is 6. The number of thiazole rings is 2. The minimum Gasteiger partial charge on any atom is -0.390 e. The zero-order valence-corrected chi connectivity index (χ0v) is 90.9. The van der Waals surface area contributed by atoms with Gasteiger partial charge in [-0.3, -0.25) is 38.4 Å². The lowest BCUT2D eigenvalue weighted by atomic mass is 9.82. The predicted molar refractivity (Wildman–Crippen MR) is 577 cm³/mol. The highest BCUT2D eigenvalue weighted by molar-refractivity contribution is 7.89. The number of sulfonamides is 1. The summed E-state index contributed by atoms with van der Waals surface area (Å²) in [5, 5.41) is 87.2. The lowest BCUT2D eigenvalue weighted by Crippen LogP contribution is -2.56. The number of nitrogens with zero attached hydrogens (tertiary/aromatic N) is 8. The van der Waals surface area contributed by atoms with Crippen molar-refractivity contribution in [2.75, 3.05) is 100 Å². The second-order valence-corrected chi connectivity index (χ2v) is 44.8. The number of carbonyl (C=O) groups excluding carboxylic acids is 8. The van der Waals surface area contributed by atoms with Crippen LogP contribution in [0.25, 0.3) is 0 Å². The molecule has 0 saturated heterocycles. The van der Waals surface area contributed by atoms with E-state index < -0.39 is 142 Å². The number of benzene rings is 4. The summed E-state index contributed by atoms with van der Waals surface area (Å²) in [4.78, 5) is 129. The van der Waals surface area contributed by atoms with Crippen molar-refractivity contribution in [1.82, 2.24) is 70.7 Å². The summed E-state index contributed by atoms with van der Waals surface area (Å²) in [6, 6.07) is 33.4. The van der Waals surface area contributed by atoms with Gasteiger partial charge in [0.25, 0.3) is 0 Å². The first-order valence-corrected chi connectivity index (χ1v) is 56.7. The summed E-state index contributed by atoms with van der Waals surface area (Å²) in [6.45, 7) is 17.5. The van der Waals surface area contributed by atoms with Gasteiger partial charge in [0.1, 0.15) is 24.2 Å². The molecule has 1 unspecified atom stereocenters. The average Bonchev–Trinajstić information content (AvgIpc) is 1.59. The summed E-state index contributed by atoms with van der Waals surface area (Å²) >= 11 is 2.78. The van der Waals surface area contributed by atoms with Crippen LogP contribution in [0.3, 0.4) is 0 Å². The van der Waals surface area contributed by atoms with Gasteiger partial charge in [-0.15, -0.1) is 35.0 Å². The van der Waals surface area contributed by atoms with Gasteiger partial charge in [-0.05, 0) is 138 Å². The second kappa shape index (κ2) is 67.2. The van der Waals surface area contributed by atoms with Crippen LogP contribution in [0, 0.1) is 53.8 Å². The van der Waals surface area contributed by atoms with Crippen LogP contribution in [0.15, 0.2) is 143 Å². The fraction of sp³-hybridized carbons (Fsp3) is 0.643. The molecule has 15 atom stereocenters. The molecule has 806 valence electrons. The largest absolute Gasteiger partial charge is 0.390 e. The highest BCUT2D eigenvalue weighted by Gasteiger charge is 2.41. The van der Waals surface area contributed by atoms with E-state index >= 15 is 0 Å². The standard InChI is InChI=1S/C41H59N5O5S.C36H59N5O6S2.C35H56N4O5/c1-4-14-37(47)39(49)35(24-31-17-10-6-11-18-31)43-41(51)36(26-34-28-52-29-42-34)44-40(50)33(23-30-15-8-5-9-16-30)25-38(48)46(3)22-21-45(2)27-32-19-12-7-13-20-32;1-5-14-33(42)34(43)31(22-28-17-12-9-13-18-28)38-36(45)32(23-30-24-48-26-37-30)39-35(44)29(21-27-15-10-8-11-16-27)25-49(46,47)40(4)19-20-41(6-2)7-3;1-7-14-29(35(44)37-30(23-27-17-12-9-13-18-27)33(42)31(40)21-25(2)3)36-34(43)28(22-26-15-10-8-11-16-26)24-32(41)39(6)20-19-38(4)5/h5,7-9,12-13,15-16,19-20,28-29,31,33,35-37,39,47,49H,4,6,10-11,14,17-18,21-27H2,1-3H3,(H,43,51)(H,44,50);8,10-11,15-16,24,26,28-29,31-34,42-43H,5-7,9,12-14,17-23,25H2,1-4H3,(H,38,45)(H,39,44);1,8,10-11,15-16,25,27-31,33,40,42H,9,12-14,17-24H2,2-6H3,(H,36,43)(H,37,44)/t33-,35+,36+,37+,39-;29-,31+,32+,33+,34-;28-,29?,30+,31+,33-/m111/s1. The highest BCUT2D eigenvalue weighted by atomic mass is 32.2. The third-order valence-electron chi connectivity index (χ3n) is 28.5. The lowest BCUT2D eigenvalue weighted by molar-refractivity contribution is -0.137. The summed E-state index contributed by atoms with van der Waals surface area (Å²) < 4.78 is 28.5. The number of likely N-dealkylation sites (N-methyl/N-ethyl adjacent to an activating group) is 6. The molecule has 33 heteroatoms. The van der Waals surface area contributed by atoms with Crippen molar-refractivity contribution in [2.24, 2.45) is 41.4 Å². The molecule has 2 heterocycles. The monoisotopic (exact) mass is 2070 g/mol. The van der Waals surface area contributed by atoms with Gasteiger partial charge >= 0.3 is 0 Å². The maximum Gasteiger partial charge on any atom is 0.243 e. The Hall–Kier alpha value is -8.99. The van der Waals surface area contributed by atoms with Gasteiger partial charge in [0.2, 0.25) is 57.3 Å². The Kier molecular flexibility index (Phi) is 56.9. The van der Waals surface area contributed by atoms with Gasteiger partial charge in [0.05, 0.1) is 94.6 Å². The molecule has 0 bridgehead atoms. The van der Waals surface area contributed by atoms with Crippen LogP contribution >= 0.6 is 22.7 Å². The molecule has 4 aromatic carbocycles. The number of hydrogen-bond donors (Lipinski definition) is 12. The van der Waals surface area contributed by atoms with E-state index in [2.05, 4.69) is 69.7 Å². The van der Waals surface area contributed by atoms with Crippen LogP contribution < -0.4 is 31.9 Å². The Morgan fingerprint density at radius 3 is 1.13 bits per heavy atom. The molecule has 9 rings (SSSR count). The molecular formula is C112H174N14O16S3. The minimum atomic E-state index is -3.83. The molecule has 8 amide bonds. The van der Waals surface area contributed by atoms with Crippen molar-refractivity contribution >= 4 is 80.0 Å². The van der Waals surface area contributed by atoms with Crippen LogP contribution in [0.1, 0.15) is 242 Å². The fourth-order valence-corrected chi connectivity index (χ4v) is 22.1. The molecule has 6 aromatic rings. The summed E-state index contributed by atoms with van der Waals surface area (Å²) in [6.07, 6.45) is 20.7. The maximum atomic E-state index is 14.2. The molecule has 12 N–H and O–H groups in total. The summed E-state index contributed by atoms with van der Waals surface area (Å²) in [7, 11) is 7.09. The van der Waals surface area contributed by atoms with Gasteiger partial charge in [-0.25, -0.2) is 22.7 Å². The van der Waals surface area contributed by atoms with Gasteiger partial charge in [0, 0.05) is 110 Å². The number of rotatable bonds is 61. The number of terminal acetylenes is 1. The van der Waals surface area contributed by atoms with E-state index in [0.29, 0.717) is 133 Å². The smallest absolute Gasteiger partial charge is 0.243 e. The van der Waals surface area contributed by atoms with Crippen LogP contribution in [-0.2, 0) is 87.0 Å². The van der Waals surface area contributed by atoms with E-state index in [9.17, 15) is 77.4 Å². The summed E-state index contributed by atoms with van der Waals surface area (Å²) in [5.74, 6) is -2.27. The molecular weight excluding hydrogens is 1890 g/mol. The topological polar surface area (TPSA) is 409 Å². The molecule has 3 saturated carbocycles. The van der Waals surface area contributed by atoms with E-state index in [1.807, 2.05) is 188 Å². The van der Waals surface area contributed by atoms with E-state index in [1.54, 1.807) is 42.0 Å². The Balaban J connectivity index is 0.000000296. The maximum absolute atomic E-state index is 14.2. The number of nitrogens with one attached hydrogen (secondary N) is 6. The molecule has 0 radical (unpaired) electrons. The Bertz CT molecular complexity index is 4800. The number of hydrogen-bond acceptors (Lipinski definition) is 23. The highest BCUT2D eigenvalue weighted by Crippen LogP contribution is 2.34. The first kappa shape index (κ1) is 123. The first-order valence-electron chi connectivity index (χ1n) is 53.2. The van der Waals surface area contributed by atoms with Gasteiger partial charge in [-0.2, -0.15) is 0 Å². The first-order chi connectivity index (χ1) is 69.5. The molecule has 0 spiro atoms. The minimum absolute atomic E-state index is 0.0144. The van der Waals surface area contributed by atoms with E-state index in [4.69, 9.17) is 6.42 Å². The van der Waals surface area contributed by atoms with Crippen molar-refractivity contribution in [3.63, 3.8) is 0 Å². The SMILES string of the molecule is C#CCC(NC(=O)[C@@H](CC(=O)N(C)CCN(C)C)Cc1ccccc1)C(=O)N[C@@H](CC1CCCCC1)[C@@H](O)[C@@H](O)CC(C)C.CCC[C@H](O)[C@H](O)[C@H](CC1CCCCC1)NC(=O)[C@H](Cc1cscn1)NC(=O)[C@@H](CC(=O)N(C)CCN(C)Cc1ccccc1)Cc1ccccc1.CCC[C@H](O)[C@H](O)[C@H](CC1CCCCC1)NC(=O)[C@H](Cc1cscn1)NC(=O)[C@H](Cc1ccccc1)CS(=O)(=O)N(C)CCN(CC)CC. The third kappa shape index (κ3) is 45.9. The molecule has 0 aliphatic heterocycles. The fourth-order valence-electron chi connectivity index (χ4n) is 19.5. The number of aromatic nitrogens is 2. The van der Waals surface area contributed by atoms with Crippen LogP contribution in [0.2, 0.25) is 0 Å². The van der Waals surface area contributed by atoms with Crippen molar-refractivity contribution in [2.45, 2.75) is 320 Å². The van der Waals surface area contributed by atoms with Crippen LogP contribution in [0.5, 0.6) is 0 Å². The molecule has 3 aliphatic carbocycles. The van der Waals surface area contributed by atoms with Crippen molar-refractivity contribution in [3.8, 4) is 12.3 Å². The number of amides is 8. The van der Waals surface area contributed by atoms with Crippen LogP contribution in [-0.4, -0.2) is 298 Å². The van der Waals surface area contributed by atoms with Gasteiger partial charge in [-0.1, -0.05) is 272 Å². The molecule has 3 aliphatic rings. The molecule has 3 fully saturated rings.